The number of hydrogen-bond donors (Lipinski definition) is 0. The average molecular weight is 217 g/mol. The number of hydrogen-bond acceptors (Lipinski definition) is 3. The smallest absolute Gasteiger partial charge is 0.302 e. The number of carbonyl (C=O) groups excluding carboxylic acids is 1. The Morgan fingerprint density at radius 1 is 1.31 bits per heavy atom. The first-order valence-electron chi connectivity index (χ1n) is 5.22. The molecule has 0 fully saturated rings. The molecule has 1 aromatic carbocycles. The number of esters is 1. The molecule has 0 aromatic heterocycles. The molecule has 3 nitrogen and oxygen atoms in total. The molecule has 84 valence electrons. The van der Waals surface area contributed by atoms with Gasteiger partial charge >= 0.3 is 5.97 Å². The number of rotatable bonds is 3. The van der Waals surface area contributed by atoms with Gasteiger partial charge in [0.15, 0.2) is 0 Å². The van der Waals surface area contributed by atoms with Crippen LogP contribution < -0.4 is 0 Å². The lowest BCUT2D eigenvalue weighted by atomic mass is 9.95. The molecule has 0 unspecified atom stereocenters. The molecular formula is C13H15NO2. The molecule has 0 N–H and O–H groups in total. The van der Waals surface area contributed by atoms with Gasteiger partial charge in [0, 0.05) is 12.8 Å². The summed E-state index contributed by atoms with van der Waals surface area (Å²) in [5.74, 6) is -0.148. The summed E-state index contributed by atoms with van der Waals surface area (Å²) in [7, 11) is 0. The van der Waals surface area contributed by atoms with Crippen molar-refractivity contribution in [2.45, 2.75) is 32.8 Å². The van der Waals surface area contributed by atoms with Crippen molar-refractivity contribution < 1.29 is 9.53 Å². The number of nitrogens with zero attached hydrogens (tertiary/aromatic N) is 1. The highest BCUT2D eigenvalue weighted by Gasteiger charge is 2.16. The van der Waals surface area contributed by atoms with Crippen molar-refractivity contribution in [3.05, 3.63) is 35.4 Å². The predicted octanol–water partition coefficient (Wildman–Crippen LogP) is 2.61. The van der Waals surface area contributed by atoms with Crippen molar-refractivity contribution in [1.82, 2.24) is 0 Å². The first kappa shape index (κ1) is 12.3. The average Bonchev–Trinajstić information content (AvgIpc) is 2.27. The van der Waals surface area contributed by atoms with Crippen LogP contribution in [0.3, 0.4) is 0 Å². The summed E-state index contributed by atoms with van der Waals surface area (Å²) in [6, 6.07) is 9.39. The summed E-state index contributed by atoms with van der Waals surface area (Å²) in [6.45, 7) is 5.27. The lowest BCUT2D eigenvalue weighted by molar-refractivity contribution is -0.146. The van der Waals surface area contributed by atoms with Crippen LogP contribution in [0.1, 0.15) is 37.8 Å². The van der Waals surface area contributed by atoms with Crippen molar-refractivity contribution >= 4 is 5.97 Å². The van der Waals surface area contributed by atoms with Gasteiger partial charge in [0.05, 0.1) is 11.6 Å². The Morgan fingerprint density at radius 2 is 1.88 bits per heavy atom. The normalized spacial score (nSPS) is 13.6. The summed E-state index contributed by atoms with van der Waals surface area (Å²) in [6.07, 6.45) is -0.162. The molecule has 2 atom stereocenters. The number of nitriles is 1. The topological polar surface area (TPSA) is 50.1 Å². The van der Waals surface area contributed by atoms with Crippen molar-refractivity contribution in [3.8, 4) is 6.07 Å². The number of ether oxygens (including phenoxy) is 1. The van der Waals surface area contributed by atoms with E-state index in [-0.39, 0.29) is 18.0 Å². The van der Waals surface area contributed by atoms with Gasteiger partial charge in [-0.05, 0) is 24.6 Å². The summed E-state index contributed by atoms with van der Waals surface area (Å²) in [5, 5.41) is 8.68. The zero-order chi connectivity index (χ0) is 12.1. The van der Waals surface area contributed by atoms with Crippen LogP contribution in [0, 0.1) is 11.3 Å². The fourth-order valence-electron chi connectivity index (χ4n) is 1.50. The highest BCUT2D eigenvalue weighted by Crippen LogP contribution is 2.21. The van der Waals surface area contributed by atoms with Gasteiger partial charge in [-0.15, -0.1) is 0 Å². The lowest BCUT2D eigenvalue weighted by Crippen LogP contribution is -2.19. The van der Waals surface area contributed by atoms with E-state index in [2.05, 4.69) is 6.07 Å². The molecule has 0 aliphatic rings. The van der Waals surface area contributed by atoms with Crippen molar-refractivity contribution in [1.29, 1.82) is 5.26 Å². The summed E-state index contributed by atoms with van der Waals surface area (Å²) >= 11 is 0. The van der Waals surface area contributed by atoms with Crippen LogP contribution in [0.4, 0.5) is 0 Å². The second kappa shape index (κ2) is 5.32. The Labute approximate surface area is 95.7 Å². The van der Waals surface area contributed by atoms with Gasteiger partial charge in [0.2, 0.25) is 0 Å². The van der Waals surface area contributed by atoms with Gasteiger partial charge in [-0.2, -0.15) is 5.26 Å². The Kier molecular flexibility index (Phi) is 4.07. The fraction of sp³-hybridized carbons (Fsp3) is 0.385. The maximum atomic E-state index is 10.8. The zero-order valence-electron chi connectivity index (χ0n) is 9.73. The van der Waals surface area contributed by atoms with Crippen LogP contribution in [0.25, 0.3) is 0 Å². The SMILES string of the molecule is CC(=O)O[C@@H](C)[C@@H](C)c1ccc(C#N)cc1. The van der Waals surface area contributed by atoms with E-state index in [0.717, 1.165) is 5.56 Å². The first-order chi connectivity index (χ1) is 7.54. The monoisotopic (exact) mass is 217 g/mol. The summed E-state index contributed by atoms with van der Waals surface area (Å²) < 4.78 is 5.12. The predicted molar refractivity (Wildman–Crippen MR) is 60.8 cm³/mol. The van der Waals surface area contributed by atoms with Crippen molar-refractivity contribution in [3.63, 3.8) is 0 Å². The molecule has 16 heavy (non-hydrogen) atoms. The van der Waals surface area contributed by atoms with E-state index >= 15 is 0 Å². The van der Waals surface area contributed by atoms with Gasteiger partial charge in [-0.25, -0.2) is 0 Å². The minimum atomic E-state index is -0.270. The lowest BCUT2D eigenvalue weighted by Gasteiger charge is -2.20. The van der Waals surface area contributed by atoms with Crippen LogP contribution >= 0.6 is 0 Å². The molecule has 1 rings (SSSR count). The molecule has 0 saturated heterocycles. The number of benzene rings is 1. The largest absolute Gasteiger partial charge is 0.462 e. The third-order valence-electron chi connectivity index (χ3n) is 2.62. The van der Waals surface area contributed by atoms with Crippen LogP contribution in [0.5, 0.6) is 0 Å². The standard InChI is InChI=1S/C13H15NO2/c1-9(10(2)16-11(3)15)13-6-4-12(8-14)5-7-13/h4-7,9-10H,1-3H3/t9-,10+/m1/s1. The van der Waals surface area contributed by atoms with Crippen LogP contribution in [0.2, 0.25) is 0 Å². The first-order valence-corrected chi connectivity index (χ1v) is 5.22. The van der Waals surface area contributed by atoms with Crippen LogP contribution in [-0.4, -0.2) is 12.1 Å². The number of carbonyl (C=O) groups is 1. The van der Waals surface area contributed by atoms with Crippen molar-refractivity contribution in [2.24, 2.45) is 0 Å². The Balaban J connectivity index is 2.76. The molecule has 0 heterocycles. The minimum Gasteiger partial charge on any atom is -0.462 e. The second-order valence-corrected chi connectivity index (χ2v) is 3.84. The third kappa shape index (κ3) is 3.09. The molecule has 3 heteroatoms. The maximum Gasteiger partial charge on any atom is 0.302 e. The fourth-order valence-corrected chi connectivity index (χ4v) is 1.50. The second-order valence-electron chi connectivity index (χ2n) is 3.84. The molecular weight excluding hydrogens is 202 g/mol. The van der Waals surface area contributed by atoms with Gasteiger partial charge in [0.1, 0.15) is 6.10 Å². The Morgan fingerprint density at radius 3 is 2.31 bits per heavy atom. The van der Waals surface area contributed by atoms with Gasteiger partial charge in [-0.1, -0.05) is 19.1 Å². The van der Waals surface area contributed by atoms with E-state index in [4.69, 9.17) is 10.00 Å². The summed E-state index contributed by atoms with van der Waals surface area (Å²) in [4.78, 5) is 10.8. The van der Waals surface area contributed by atoms with Gasteiger partial charge < -0.3 is 4.74 Å². The van der Waals surface area contributed by atoms with E-state index in [1.54, 1.807) is 12.1 Å². The van der Waals surface area contributed by atoms with E-state index in [1.165, 1.54) is 6.92 Å². The molecule has 0 amide bonds. The molecule has 0 aliphatic carbocycles. The van der Waals surface area contributed by atoms with Crippen LogP contribution in [0.15, 0.2) is 24.3 Å². The zero-order valence-corrected chi connectivity index (χ0v) is 9.73. The molecule has 0 aliphatic heterocycles. The van der Waals surface area contributed by atoms with E-state index < -0.39 is 0 Å². The molecule has 0 spiro atoms. The third-order valence-corrected chi connectivity index (χ3v) is 2.62. The molecule has 0 radical (unpaired) electrons. The van der Waals surface area contributed by atoms with Crippen molar-refractivity contribution in [2.75, 3.05) is 0 Å². The Bertz CT molecular complexity index is 403. The molecule has 0 saturated carbocycles. The summed E-state index contributed by atoms with van der Waals surface area (Å²) in [5.41, 5.74) is 1.70. The highest BCUT2D eigenvalue weighted by molar-refractivity contribution is 5.66. The van der Waals surface area contributed by atoms with Gasteiger partial charge in [-0.3, -0.25) is 4.79 Å². The maximum absolute atomic E-state index is 10.8. The van der Waals surface area contributed by atoms with E-state index in [1.807, 2.05) is 26.0 Å². The molecule has 0 bridgehead atoms. The van der Waals surface area contributed by atoms with Gasteiger partial charge in [0.25, 0.3) is 0 Å². The van der Waals surface area contributed by atoms with Crippen LogP contribution in [-0.2, 0) is 9.53 Å². The highest BCUT2D eigenvalue weighted by atomic mass is 16.5. The Hall–Kier alpha value is -1.82. The quantitative estimate of drug-likeness (QED) is 0.731. The molecule has 1 aromatic rings. The minimum absolute atomic E-state index is 0.122. The van der Waals surface area contributed by atoms with E-state index in [0.29, 0.717) is 5.56 Å². The van der Waals surface area contributed by atoms with E-state index in [9.17, 15) is 4.79 Å².